The second-order valence-electron chi connectivity index (χ2n) is 4.15. The zero-order valence-electron chi connectivity index (χ0n) is 9.84. The minimum atomic E-state index is -0.981. The number of amides is 2. The third-order valence-corrected chi connectivity index (χ3v) is 3.40. The summed E-state index contributed by atoms with van der Waals surface area (Å²) in [7, 11) is 0. The van der Waals surface area contributed by atoms with Crippen LogP contribution in [0.4, 0.5) is 9.93 Å². The van der Waals surface area contributed by atoms with Crippen LogP contribution in [0.2, 0.25) is 0 Å². The van der Waals surface area contributed by atoms with Crippen LogP contribution >= 0.6 is 11.3 Å². The number of nitrogens with zero attached hydrogens (tertiary/aromatic N) is 2. The van der Waals surface area contributed by atoms with Crippen LogP contribution in [0.25, 0.3) is 0 Å². The highest BCUT2D eigenvalue weighted by Crippen LogP contribution is 2.21. The van der Waals surface area contributed by atoms with E-state index in [1.165, 1.54) is 18.3 Å². The van der Waals surface area contributed by atoms with Crippen molar-refractivity contribution in [3.63, 3.8) is 0 Å². The number of carbonyl (C=O) groups excluding carboxylic acids is 1. The van der Waals surface area contributed by atoms with Crippen molar-refractivity contribution in [1.82, 2.24) is 15.2 Å². The highest BCUT2D eigenvalue weighted by Gasteiger charge is 2.28. The molecule has 3 N–H and O–H groups in total. The molecule has 2 rings (SSSR count). The Hall–Kier alpha value is -1.67. The number of anilines is 1. The summed E-state index contributed by atoms with van der Waals surface area (Å²) in [5.74, 6) is -0.134. The van der Waals surface area contributed by atoms with E-state index in [1.807, 2.05) is 0 Å². The maximum absolute atomic E-state index is 10.8. The van der Waals surface area contributed by atoms with E-state index in [9.17, 15) is 9.59 Å². The summed E-state index contributed by atoms with van der Waals surface area (Å²) in [5, 5.41) is 14.2. The van der Waals surface area contributed by atoms with E-state index >= 15 is 0 Å². The van der Waals surface area contributed by atoms with Crippen molar-refractivity contribution in [3.05, 3.63) is 11.1 Å². The molecule has 0 bridgehead atoms. The van der Waals surface area contributed by atoms with E-state index in [0.717, 1.165) is 11.4 Å². The number of carbonyl (C=O) groups is 2. The molecule has 1 saturated heterocycles. The molecule has 0 aromatic carbocycles. The zero-order valence-corrected chi connectivity index (χ0v) is 10.7. The molecule has 18 heavy (non-hydrogen) atoms. The number of thiazole rings is 1. The molecule has 0 saturated carbocycles. The lowest BCUT2D eigenvalue weighted by Gasteiger charge is -2.38. The second-order valence-corrected chi connectivity index (χ2v) is 5.27. The highest BCUT2D eigenvalue weighted by atomic mass is 32.1. The van der Waals surface area contributed by atoms with Gasteiger partial charge >= 0.3 is 6.09 Å². The Kier molecular flexibility index (Phi) is 3.78. The molecule has 0 aliphatic carbocycles. The fraction of sp³-hybridized carbons (Fsp3) is 0.500. The molecular weight excluding hydrogens is 256 g/mol. The predicted octanol–water partition coefficient (Wildman–Crippen LogP) is 0.553. The van der Waals surface area contributed by atoms with Crippen LogP contribution < -0.4 is 10.6 Å². The van der Waals surface area contributed by atoms with E-state index in [0.29, 0.717) is 18.2 Å². The van der Waals surface area contributed by atoms with Gasteiger partial charge in [0.15, 0.2) is 5.13 Å². The Morgan fingerprint density at radius 1 is 1.61 bits per heavy atom. The maximum atomic E-state index is 10.8. The third-order valence-electron chi connectivity index (χ3n) is 2.50. The van der Waals surface area contributed by atoms with Gasteiger partial charge in [-0.2, -0.15) is 0 Å². The Morgan fingerprint density at radius 3 is 2.94 bits per heavy atom. The summed E-state index contributed by atoms with van der Waals surface area (Å²) in [6.45, 7) is 3.59. The molecule has 98 valence electrons. The van der Waals surface area contributed by atoms with E-state index in [-0.39, 0.29) is 11.9 Å². The van der Waals surface area contributed by atoms with Crippen LogP contribution in [0.1, 0.15) is 11.8 Å². The number of carboxylic acid groups (broad SMARTS) is 1. The number of hydrogen-bond acceptors (Lipinski definition) is 5. The molecule has 8 heteroatoms. The summed E-state index contributed by atoms with van der Waals surface area (Å²) in [6, 6.07) is 0.0187. The van der Waals surface area contributed by atoms with E-state index in [1.54, 1.807) is 6.20 Å². The van der Waals surface area contributed by atoms with Gasteiger partial charge in [-0.15, -0.1) is 11.3 Å². The molecule has 1 aromatic rings. The first-order valence-electron chi connectivity index (χ1n) is 5.47. The molecule has 2 heterocycles. The van der Waals surface area contributed by atoms with Crippen molar-refractivity contribution in [2.24, 2.45) is 0 Å². The standard InChI is InChI=1S/C10H14N4O3S/c1-6(15)12-9-11-2-8(18-9)5-14-3-7(4-14)13-10(16)17/h2,7,13H,3-5H2,1H3,(H,16,17)(H,11,12,15). The second kappa shape index (κ2) is 5.32. The first-order chi connectivity index (χ1) is 8.52. The van der Waals surface area contributed by atoms with Crippen molar-refractivity contribution in [2.45, 2.75) is 19.5 Å². The van der Waals surface area contributed by atoms with Crippen molar-refractivity contribution in [1.29, 1.82) is 0 Å². The largest absolute Gasteiger partial charge is 0.465 e. The average Bonchev–Trinajstić information content (AvgIpc) is 2.60. The molecule has 7 nitrogen and oxygen atoms in total. The van der Waals surface area contributed by atoms with Crippen LogP contribution in [0, 0.1) is 0 Å². The van der Waals surface area contributed by atoms with E-state index < -0.39 is 6.09 Å². The van der Waals surface area contributed by atoms with Gasteiger partial charge in [-0.05, 0) is 0 Å². The number of likely N-dealkylation sites (tertiary alicyclic amines) is 1. The smallest absolute Gasteiger partial charge is 0.404 e. The van der Waals surface area contributed by atoms with Gasteiger partial charge in [-0.3, -0.25) is 9.69 Å². The lowest BCUT2D eigenvalue weighted by atomic mass is 10.1. The minimum Gasteiger partial charge on any atom is -0.465 e. The number of aromatic nitrogens is 1. The average molecular weight is 270 g/mol. The van der Waals surface area contributed by atoms with Gasteiger partial charge in [0.05, 0.1) is 6.04 Å². The molecule has 0 unspecified atom stereocenters. The van der Waals surface area contributed by atoms with E-state index in [4.69, 9.17) is 5.11 Å². The summed E-state index contributed by atoms with van der Waals surface area (Å²) < 4.78 is 0. The van der Waals surface area contributed by atoms with Crippen LogP contribution in [-0.4, -0.2) is 46.1 Å². The zero-order chi connectivity index (χ0) is 13.1. The number of nitrogens with one attached hydrogen (secondary N) is 2. The molecule has 1 fully saturated rings. The highest BCUT2D eigenvalue weighted by molar-refractivity contribution is 7.15. The van der Waals surface area contributed by atoms with Crippen molar-refractivity contribution in [2.75, 3.05) is 18.4 Å². The lowest BCUT2D eigenvalue weighted by Crippen LogP contribution is -2.58. The van der Waals surface area contributed by atoms with Crippen LogP contribution in [0.15, 0.2) is 6.20 Å². The molecular formula is C10H14N4O3S. The fourth-order valence-electron chi connectivity index (χ4n) is 1.77. The Labute approximate surface area is 108 Å². The molecule has 1 aliphatic heterocycles. The number of rotatable bonds is 4. The predicted molar refractivity (Wildman–Crippen MR) is 66.6 cm³/mol. The SMILES string of the molecule is CC(=O)Nc1ncc(CN2CC(NC(=O)O)C2)s1. The van der Waals surface area contributed by atoms with Gasteiger partial charge < -0.3 is 15.7 Å². The van der Waals surface area contributed by atoms with Crippen molar-refractivity contribution >= 4 is 28.5 Å². The van der Waals surface area contributed by atoms with Gasteiger partial charge in [0, 0.05) is 37.6 Å². The van der Waals surface area contributed by atoms with Crippen molar-refractivity contribution in [3.8, 4) is 0 Å². The van der Waals surface area contributed by atoms with Gasteiger partial charge in [0.25, 0.3) is 0 Å². The topological polar surface area (TPSA) is 94.6 Å². The van der Waals surface area contributed by atoms with Gasteiger partial charge in [0.1, 0.15) is 0 Å². The summed E-state index contributed by atoms with van der Waals surface area (Å²) in [6.07, 6.45) is 0.749. The number of hydrogen-bond donors (Lipinski definition) is 3. The van der Waals surface area contributed by atoms with Crippen LogP contribution in [0.5, 0.6) is 0 Å². The van der Waals surface area contributed by atoms with Gasteiger partial charge in [-0.1, -0.05) is 0 Å². The minimum absolute atomic E-state index is 0.0187. The maximum Gasteiger partial charge on any atom is 0.404 e. The molecule has 1 aliphatic rings. The summed E-state index contributed by atoms with van der Waals surface area (Å²) in [5.41, 5.74) is 0. The fourth-order valence-corrected chi connectivity index (χ4v) is 2.68. The molecule has 1 aromatic heterocycles. The Bertz CT molecular complexity index is 456. The van der Waals surface area contributed by atoms with Gasteiger partial charge in [0.2, 0.25) is 5.91 Å². The molecule has 0 atom stereocenters. The van der Waals surface area contributed by atoms with Crippen LogP contribution in [-0.2, 0) is 11.3 Å². The normalized spacial score (nSPS) is 16.1. The van der Waals surface area contributed by atoms with Crippen molar-refractivity contribution < 1.29 is 14.7 Å². The molecule has 0 spiro atoms. The molecule has 2 amide bonds. The first kappa shape index (κ1) is 12.8. The lowest BCUT2D eigenvalue weighted by molar-refractivity contribution is -0.114. The monoisotopic (exact) mass is 270 g/mol. The first-order valence-corrected chi connectivity index (χ1v) is 6.28. The van der Waals surface area contributed by atoms with E-state index in [2.05, 4.69) is 20.5 Å². The van der Waals surface area contributed by atoms with Gasteiger partial charge in [-0.25, -0.2) is 9.78 Å². The third kappa shape index (κ3) is 3.41. The quantitative estimate of drug-likeness (QED) is 0.743. The Morgan fingerprint density at radius 2 is 2.33 bits per heavy atom. The molecule has 0 radical (unpaired) electrons. The summed E-state index contributed by atoms with van der Waals surface area (Å²) >= 11 is 1.43. The Balaban J connectivity index is 1.76. The summed E-state index contributed by atoms with van der Waals surface area (Å²) in [4.78, 5) is 28.5. The van der Waals surface area contributed by atoms with Crippen LogP contribution in [0.3, 0.4) is 0 Å².